The number of hydrogen-bond donors (Lipinski definition) is 4. The zero-order valence-corrected chi connectivity index (χ0v) is 53.4. The first-order chi connectivity index (χ1) is 33.3. The SMILES string of the molecule is CC#N.CC#N.Cc1cc(C(C)(C)C)cc(C[NH+](CCCCCO)Cc2cc(C(C)(C)C)cc(C)c2[O-])c1[O-].Cc1cc(C(C)(C)C)cc(C[NH+](CCCCCO)Cc2cc(C(C)(C)C)cc(C)c2[O-])c1[O-].[O-2].[O-2].[U]. The van der Waals surface area contributed by atoms with Gasteiger partial charge in [-0.05, 0) is 132 Å². The van der Waals surface area contributed by atoms with E-state index in [1.165, 1.54) is 45.9 Å². The Balaban J connectivity index is -0.00000121. The van der Waals surface area contributed by atoms with Crippen LogP contribution in [-0.4, -0.2) is 36.5 Å². The molecule has 0 aromatic heterocycles. The number of benzene rings is 4. The van der Waals surface area contributed by atoms with Gasteiger partial charge in [-0.1, -0.05) is 177 Å². The third-order valence-electron chi connectivity index (χ3n) is 13.0. The van der Waals surface area contributed by atoms with Crippen molar-refractivity contribution < 1.29 is 82.5 Å². The molecule has 420 valence electrons. The minimum Gasteiger partial charge on any atom is -2.00 e. The van der Waals surface area contributed by atoms with E-state index in [4.69, 9.17) is 20.7 Å². The summed E-state index contributed by atoms with van der Waals surface area (Å²) in [5, 5.41) is 85.0. The summed E-state index contributed by atoms with van der Waals surface area (Å²) in [6, 6.07) is 19.8. The van der Waals surface area contributed by atoms with E-state index in [1.54, 1.807) is 12.1 Å². The molecule has 13 heteroatoms. The maximum atomic E-state index is 13.0. The fraction of sp³-hybridized carbons (Fsp3) is 0.581. The topological polar surface area (TPSA) is 246 Å². The molecule has 0 heterocycles. The van der Waals surface area contributed by atoms with E-state index in [1.807, 2.05) is 52.0 Å². The quantitative estimate of drug-likeness (QED) is 0.0703. The van der Waals surface area contributed by atoms with Crippen molar-refractivity contribution in [1.82, 2.24) is 0 Å². The molecular weight excluding hydrogens is 1170 g/mol. The Morgan fingerprint density at radius 2 is 0.587 bits per heavy atom. The molecule has 0 saturated carbocycles. The summed E-state index contributed by atoms with van der Waals surface area (Å²) in [5.74, 6) is 0.436. The zero-order valence-electron chi connectivity index (χ0n) is 49.3. The molecule has 0 aliphatic heterocycles. The molecule has 0 aliphatic rings. The first kappa shape index (κ1) is 75.1. The van der Waals surface area contributed by atoms with Gasteiger partial charge in [-0.15, -0.1) is 0 Å². The number of aliphatic hydroxyl groups excluding tert-OH is 2. The summed E-state index contributed by atoms with van der Waals surface area (Å²) in [6.07, 6.45) is 5.35. The molecule has 4 aromatic rings. The number of aryl methyl sites for hydroxylation is 4. The molecule has 0 amide bonds. The molecule has 12 nitrogen and oxygen atoms in total. The molecule has 0 atom stereocenters. The Morgan fingerprint density at radius 1 is 0.400 bits per heavy atom. The van der Waals surface area contributed by atoms with Crippen LogP contribution >= 0.6 is 0 Å². The van der Waals surface area contributed by atoms with Gasteiger partial charge in [-0.2, -0.15) is 10.5 Å². The molecule has 4 rings (SSSR count). The van der Waals surface area contributed by atoms with Crippen LogP contribution in [0.2, 0.25) is 0 Å². The molecular formula is C62H94N4O8U-6. The standard InChI is InChI=1S/2C29H45NO3.2C2H3N.2O.U/c2*1-20-14-24(28(3,4)5)16-22(26(20)32)18-30(12-10-9-11-13-31)19-23-17-25(29(6,7)8)15-21(2)27(23)33;2*1-2-3;;;/h2*14-17,31-33H,9-13,18-19H2,1-8H3;2*1H3;;;/q;;;;2*-2;/p-2. The number of nitrogens with zero attached hydrogens (tertiary/aromatic N) is 2. The normalized spacial score (nSPS) is 11.3. The number of aliphatic hydroxyl groups is 2. The monoisotopic (exact) mass is 1260 g/mol. The Hall–Kier alpha value is -4.13. The van der Waals surface area contributed by atoms with E-state index in [0.29, 0.717) is 26.2 Å². The minimum atomic E-state index is -0.0329. The summed E-state index contributed by atoms with van der Waals surface area (Å²) in [4.78, 5) is 2.44. The number of nitriles is 2. The van der Waals surface area contributed by atoms with Gasteiger partial charge in [0, 0.05) is 58.2 Å². The van der Waals surface area contributed by atoms with Gasteiger partial charge in [-0.25, -0.2) is 0 Å². The fourth-order valence-corrected chi connectivity index (χ4v) is 8.53. The Kier molecular flexibility index (Phi) is 34.7. The van der Waals surface area contributed by atoms with Gasteiger partial charge in [0.25, 0.3) is 0 Å². The van der Waals surface area contributed by atoms with Crippen molar-refractivity contribution in [1.29, 1.82) is 10.5 Å². The van der Waals surface area contributed by atoms with Gasteiger partial charge in [0.1, 0.15) is 26.2 Å². The summed E-state index contributed by atoms with van der Waals surface area (Å²) < 4.78 is 0. The molecule has 0 bridgehead atoms. The van der Waals surface area contributed by atoms with Crippen LogP contribution in [0.5, 0.6) is 23.0 Å². The number of unbranched alkanes of at least 4 members (excludes halogenated alkanes) is 4. The van der Waals surface area contributed by atoms with E-state index in [0.717, 1.165) is 96.1 Å². The van der Waals surface area contributed by atoms with Crippen LogP contribution < -0.4 is 30.2 Å². The van der Waals surface area contributed by atoms with Crippen LogP contribution in [0.15, 0.2) is 48.5 Å². The van der Waals surface area contributed by atoms with Gasteiger partial charge >= 0.3 is 0 Å². The van der Waals surface area contributed by atoms with Crippen LogP contribution in [0.3, 0.4) is 0 Å². The third-order valence-corrected chi connectivity index (χ3v) is 13.0. The molecule has 4 N–H and O–H groups in total. The van der Waals surface area contributed by atoms with Crippen molar-refractivity contribution in [3.63, 3.8) is 0 Å². The average Bonchev–Trinajstić information content (AvgIpc) is 3.26. The minimum absolute atomic E-state index is 0. The van der Waals surface area contributed by atoms with Crippen LogP contribution in [0.4, 0.5) is 0 Å². The zero-order chi connectivity index (χ0) is 55.4. The summed E-state index contributed by atoms with van der Waals surface area (Å²) in [5.41, 5.74) is 11.0. The maximum Gasteiger partial charge on any atom is 0.102 e. The van der Waals surface area contributed by atoms with Crippen LogP contribution in [-0.2, 0) is 58.8 Å². The molecule has 0 aliphatic carbocycles. The summed E-state index contributed by atoms with van der Waals surface area (Å²) in [7, 11) is 0. The van der Waals surface area contributed by atoms with Crippen LogP contribution in [0, 0.1) is 81.5 Å². The van der Waals surface area contributed by atoms with Crippen molar-refractivity contribution in [2.45, 2.75) is 211 Å². The van der Waals surface area contributed by atoms with Crippen molar-refractivity contribution in [2.24, 2.45) is 0 Å². The second kappa shape index (κ2) is 34.6. The first-order valence-electron chi connectivity index (χ1n) is 26.1. The Bertz CT molecular complexity index is 2090. The molecule has 0 unspecified atom stereocenters. The Morgan fingerprint density at radius 3 is 0.747 bits per heavy atom. The number of hydrogen-bond acceptors (Lipinski definition) is 8. The number of nitrogens with one attached hydrogen (secondary N) is 2. The number of rotatable bonds is 18. The molecule has 0 fully saturated rings. The van der Waals surface area contributed by atoms with Crippen molar-refractivity contribution in [3.05, 3.63) is 115 Å². The predicted octanol–water partition coefficient (Wildman–Crippen LogP) is 8.41. The van der Waals surface area contributed by atoms with Gasteiger partial charge in [0.15, 0.2) is 0 Å². The maximum absolute atomic E-state index is 13.0. The van der Waals surface area contributed by atoms with E-state index in [-0.39, 0.29) is 99.9 Å². The largest absolute Gasteiger partial charge is 2.00 e. The van der Waals surface area contributed by atoms with Gasteiger partial charge in [0.2, 0.25) is 0 Å². The van der Waals surface area contributed by atoms with E-state index in [2.05, 4.69) is 107 Å². The third kappa shape index (κ3) is 25.7. The second-order valence-corrected chi connectivity index (χ2v) is 23.8. The summed E-state index contributed by atoms with van der Waals surface area (Å²) in [6.45, 7) is 41.0. The second-order valence-electron chi connectivity index (χ2n) is 23.8. The van der Waals surface area contributed by atoms with Crippen molar-refractivity contribution in [2.75, 3.05) is 26.3 Å². The Labute approximate surface area is 477 Å². The molecule has 4 aromatic carbocycles. The van der Waals surface area contributed by atoms with Crippen molar-refractivity contribution in [3.8, 4) is 35.1 Å². The van der Waals surface area contributed by atoms with Gasteiger partial charge < -0.3 is 51.4 Å². The molecule has 0 spiro atoms. The average molecular weight is 1260 g/mol. The molecule has 0 radical (unpaired) electrons. The van der Waals surface area contributed by atoms with Gasteiger partial charge in [0.05, 0.1) is 25.2 Å². The summed E-state index contributed by atoms with van der Waals surface area (Å²) >= 11 is 0. The van der Waals surface area contributed by atoms with Crippen molar-refractivity contribution >= 4 is 0 Å². The van der Waals surface area contributed by atoms with E-state index < -0.39 is 0 Å². The van der Waals surface area contributed by atoms with E-state index >= 15 is 0 Å². The molecule has 0 saturated heterocycles. The molecule has 75 heavy (non-hydrogen) atoms. The van der Waals surface area contributed by atoms with Crippen LogP contribution in [0.25, 0.3) is 0 Å². The smallest absolute Gasteiger partial charge is 0.102 e. The fourth-order valence-electron chi connectivity index (χ4n) is 8.53. The predicted molar refractivity (Wildman–Crippen MR) is 290 cm³/mol. The van der Waals surface area contributed by atoms with Gasteiger partial charge in [-0.3, -0.25) is 0 Å². The number of quaternary nitrogens is 2. The van der Waals surface area contributed by atoms with E-state index in [9.17, 15) is 20.4 Å². The first-order valence-corrected chi connectivity index (χ1v) is 26.1. The van der Waals surface area contributed by atoms with Crippen LogP contribution in [0.1, 0.15) is 202 Å².